The lowest BCUT2D eigenvalue weighted by molar-refractivity contribution is -0.148. The van der Waals surface area contributed by atoms with E-state index < -0.39 is 0 Å². The molecule has 0 aromatic rings. The van der Waals surface area contributed by atoms with Crippen molar-refractivity contribution in [3.63, 3.8) is 0 Å². The zero-order chi connectivity index (χ0) is 12.1. The first-order valence-corrected chi connectivity index (χ1v) is 5.66. The first-order chi connectivity index (χ1) is 7.60. The number of nitrogens with one attached hydrogen (secondary N) is 1. The minimum absolute atomic E-state index is 0.00129. The first-order valence-electron chi connectivity index (χ1n) is 5.66. The fourth-order valence-corrected chi connectivity index (χ4v) is 2.06. The van der Waals surface area contributed by atoms with Gasteiger partial charge in [-0.15, -0.1) is 0 Å². The van der Waals surface area contributed by atoms with Crippen LogP contribution in [0.1, 0.15) is 19.8 Å². The number of hydrogen-bond acceptors (Lipinski definition) is 4. The van der Waals surface area contributed by atoms with Gasteiger partial charge in [0.2, 0.25) is 5.91 Å². The fourth-order valence-electron chi connectivity index (χ4n) is 2.06. The van der Waals surface area contributed by atoms with Crippen LogP contribution in [0.15, 0.2) is 0 Å². The Kier molecular flexibility index (Phi) is 4.73. The van der Waals surface area contributed by atoms with E-state index in [2.05, 4.69) is 5.32 Å². The van der Waals surface area contributed by atoms with Crippen molar-refractivity contribution in [3.8, 4) is 0 Å². The third-order valence-corrected chi connectivity index (χ3v) is 3.06. The van der Waals surface area contributed by atoms with Crippen LogP contribution in [0.5, 0.6) is 0 Å². The molecule has 1 amide bonds. The van der Waals surface area contributed by atoms with E-state index in [1.165, 1.54) is 7.11 Å². The molecule has 0 aromatic carbocycles. The van der Waals surface area contributed by atoms with Gasteiger partial charge < -0.3 is 10.1 Å². The first kappa shape index (κ1) is 13.0. The average Bonchev–Trinajstić information content (AvgIpc) is 2.29. The van der Waals surface area contributed by atoms with Crippen LogP contribution >= 0.6 is 0 Å². The minimum Gasteiger partial charge on any atom is -0.469 e. The Morgan fingerprint density at radius 2 is 2.19 bits per heavy atom. The van der Waals surface area contributed by atoms with Crippen LogP contribution in [-0.4, -0.2) is 50.1 Å². The van der Waals surface area contributed by atoms with E-state index in [-0.39, 0.29) is 23.8 Å². The molecule has 0 spiro atoms. The minimum atomic E-state index is -0.210. The molecule has 1 rings (SSSR count). The summed E-state index contributed by atoms with van der Waals surface area (Å²) in [5.74, 6) is -0.352. The predicted octanol–water partition coefficient (Wildman–Crippen LogP) is 0.00590. The molecule has 0 aromatic heterocycles. The maximum Gasteiger partial charge on any atom is 0.308 e. The lowest BCUT2D eigenvalue weighted by Crippen LogP contribution is -2.50. The van der Waals surface area contributed by atoms with Crippen LogP contribution in [0.25, 0.3) is 0 Å². The number of amides is 1. The van der Waals surface area contributed by atoms with E-state index in [1.807, 2.05) is 18.9 Å². The third-order valence-electron chi connectivity index (χ3n) is 3.06. The number of esters is 1. The molecule has 1 aliphatic rings. The Morgan fingerprint density at radius 3 is 2.75 bits per heavy atom. The van der Waals surface area contributed by atoms with Crippen LogP contribution in [0, 0.1) is 5.92 Å². The van der Waals surface area contributed by atoms with Gasteiger partial charge in [-0.2, -0.15) is 0 Å². The van der Waals surface area contributed by atoms with E-state index in [9.17, 15) is 9.59 Å². The van der Waals surface area contributed by atoms with Crippen molar-refractivity contribution in [2.75, 3.05) is 27.2 Å². The second kappa shape index (κ2) is 5.84. The van der Waals surface area contributed by atoms with Gasteiger partial charge in [0.15, 0.2) is 0 Å². The number of hydrogen-bond donors (Lipinski definition) is 1. The van der Waals surface area contributed by atoms with E-state index >= 15 is 0 Å². The van der Waals surface area contributed by atoms with Crippen molar-refractivity contribution in [2.24, 2.45) is 5.92 Å². The largest absolute Gasteiger partial charge is 0.469 e. The van der Waals surface area contributed by atoms with Crippen LogP contribution in [0.2, 0.25) is 0 Å². The highest BCUT2D eigenvalue weighted by molar-refractivity contribution is 5.83. The normalized spacial score (nSPS) is 26.2. The van der Waals surface area contributed by atoms with Gasteiger partial charge in [-0.25, -0.2) is 0 Å². The van der Waals surface area contributed by atoms with Crippen LogP contribution in [0.4, 0.5) is 0 Å². The molecule has 1 N–H and O–H groups in total. The molecule has 1 fully saturated rings. The van der Waals surface area contributed by atoms with E-state index in [4.69, 9.17) is 4.74 Å². The third kappa shape index (κ3) is 2.95. The summed E-state index contributed by atoms with van der Waals surface area (Å²) in [4.78, 5) is 25.2. The topological polar surface area (TPSA) is 58.6 Å². The predicted molar refractivity (Wildman–Crippen MR) is 59.8 cm³/mol. The van der Waals surface area contributed by atoms with Crippen molar-refractivity contribution in [2.45, 2.75) is 25.8 Å². The molecule has 0 bridgehead atoms. The molecule has 5 nitrogen and oxygen atoms in total. The van der Waals surface area contributed by atoms with Crippen molar-refractivity contribution in [1.82, 2.24) is 10.2 Å². The molecule has 0 saturated carbocycles. The molecule has 5 heteroatoms. The summed E-state index contributed by atoms with van der Waals surface area (Å²) < 4.78 is 4.72. The van der Waals surface area contributed by atoms with E-state index in [0.29, 0.717) is 13.0 Å². The molecule has 2 unspecified atom stereocenters. The average molecular weight is 228 g/mol. The number of nitrogens with zero attached hydrogens (tertiary/aromatic N) is 1. The summed E-state index contributed by atoms with van der Waals surface area (Å²) in [7, 11) is 3.30. The number of carbonyl (C=O) groups is 2. The molecule has 2 atom stereocenters. The van der Waals surface area contributed by atoms with Crippen molar-refractivity contribution < 1.29 is 14.3 Å². The van der Waals surface area contributed by atoms with Gasteiger partial charge in [0, 0.05) is 6.54 Å². The van der Waals surface area contributed by atoms with Crippen molar-refractivity contribution in [3.05, 3.63) is 0 Å². The molecule has 1 aliphatic heterocycles. The van der Waals surface area contributed by atoms with Crippen molar-refractivity contribution >= 4 is 11.9 Å². The smallest absolute Gasteiger partial charge is 0.308 e. The number of rotatable bonds is 3. The molecule has 16 heavy (non-hydrogen) atoms. The van der Waals surface area contributed by atoms with Crippen LogP contribution in [-0.2, 0) is 14.3 Å². The number of likely N-dealkylation sites (N-methyl/N-ethyl adjacent to an activating group) is 2. The van der Waals surface area contributed by atoms with Crippen LogP contribution < -0.4 is 5.32 Å². The van der Waals surface area contributed by atoms with Gasteiger partial charge in [-0.05, 0) is 33.4 Å². The van der Waals surface area contributed by atoms with E-state index in [0.717, 1.165) is 13.0 Å². The summed E-state index contributed by atoms with van der Waals surface area (Å²) in [5, 5.41) is 2.79. The summed E-state index contributed by atoms with van der Waals surface area (Å²) >= 11 is 0. The molecular formula is C11H20N2O3. The van der Waals surface area contributed by atoms with Gasteiger partial charge in [0.25, 0.3) is 0 Å². The Balaban J connectivity index is 2.61. The number of carbonyl (C=O) groups excluding carboxylic acids is 2. The van der Waals surface area contributed by atoms with E-state index in [1.54, 1.807) is 0 Å². The summed E-state index contributed by atoms with van der Waals surface area (Å²) in [6.07, 6.45) is 1.31. The second-order valence-corrected chi connectivity index (χ2v) is 4.14. The maximum atomic E-state index is 11.8. The molecule has 1 heterocycles. The number of methoxy groups -OCH3 is 1. The Morgan fingerprint density at radius 1 is 1.50 bits per heavy atom. The Hall–Kier alpha value is -1.10. The quantitative estimate of drug-likeness (QED) is 0.691. The second-order valence-electron chi connectivity index (χ2n) is 4.14. The highest BCUT2D eigenvalue weighted by Gasteiger charge is 2.34. The van der Waals surface area contributed by atoms with Gasteiger partial charge in [0.1, 0.15) is 0 Å². The van der Waals surface area contributed by atoms with Gasteiger partial charge in [0.05, 0.1) is 19.1 Å². The molecule has 0 radical (unpaired) electrons. The summed E-state index contributed by atoms with van der Waals surface area (Å²) in [6.45, 7) is 3.26. The lowest BCUT2D eigenvalue weighted by Gasteiger charge is -2.34. The number of piperidine rings is 1. The SMILES string of the molecule is CCNC(=O)C1CC(C(=O)OC)CCN1C. The fraction of sp³-hybridized carbons (Fsp3) is 0.818. The van der Waals surface area contributed by atoms with Gasteiger partial charge in [-0.1, -0.05) is 0 Å². The molecular weight excluding hydrogens is 208 g/mol. The molecule has 92 valence electrons. The lowest BCUT2D eigenvalue weighted by atomic mass is 9.91. The number of ether oxygens (including phenoxy) is 1. The number of likely N-dealkylation sites (tertiary alicyclic amines) is 1. The van der Waals surface area contributed by atoms with Crippen LogP contribution in [0.3, 0.4) is 0 Å². The Bertz CT molecular complexity index is 268. The summed E-state index contributed by atoms with van der Waals surface area (Å²) in [6, 6.07) is -0.210. The molecule has 1 saturated heterocycles. The molecule has 0 aliphatic carbocycles. The highest BCUT2D eigenvalue weighted by atomic mass is 16.5. The zero-order valence-corrected chi connectivity index (χ0v) is 10.2. The monoisotopic (exact) mass is 228 g/mol. The zero-order valence-electron chi connectivity index (χ0n) is 10.2. The van der Waals surface area contributed by atoms with Gasteiger partial charge >= 0.3 is 5.97 Å². The highest BCUT2D eigenvalue weighted by Crippen LogP contribution is 2.22. The summed E-state index contributed by atoms with van der Waals surface area (Å²) in [5.41, 5.74) is 0. The Labute approximate surface area is 96.1 Å². The van der Waals surface area contributed by atoms with Gasteiger partial charge in [-0.3, -0.25) is 14.5 Å². The van der Waals surface area contributed by atoms with Crippen molar-refractivity contribution in [1.29, 1.82) is 0 Å². The maximum absolute atomic E-state index is 11.8. The standard InChI is InChI=1S/C11H20N2O3/c1-4-12-10(14)9-7-8(11(15)16-3)5-6-13(9)2/h8-9H,4-7H2,1-3H3,(H,12,14).